The van der Waals surface area contributed by atoms with E-state index in [1.807, 2.05) is 4.90 Å². The molecule has 1 fully saturated rings. The van der Waals surface area contributed by atoms with E-state index in [1.54, 1.807) is 6.07 Å². The van der Waals surface area contributed by atoms with Gasteiger partial charge in [0.15, 0.2) is 5.78 Å². The van der Waals surface area contributed by atoms with Crippen LogP contribution in [-0.2, 0) is 6.42 Å². The van der Waals surface area contributed by atoms with E-state index in [1.165, 1.54) is 19.8 Å². The maximum Gasteiger partial charge on any atom is 0.254 e. The molecule has 1 amide bonds. The summed E-state index contributed by atoms with van der Waals surface area (Å²) in [5, 5.41) is 0.613. The van der Waals surface area contributed by atoms with Crippen molar-refractivity contribution in [1.82, 2.24) is 4.90 Å². The minimum atomic E-state index is -0.171. The molecule has 0 saturated heterocycles. The van der Waals surface area contributed by atoms with Crippen molar-refractivity contribution < 1.29 is 9.59 Å². The molecule has 0 radical (unpaired) electrons. The smallest absolute Gasteiger partial charge is 0.254 e. The molecule has 2 aliphatic rings. The van der Waals surface area contributed by atoms with Crippen LogP contribution in [-0.4, -0.2) is 29.7 Å². The van der Waals surface area contributed by atoms with Crippen LogP contribution in [0.25, 0.3) is 0 Å². The number of amides is 1. The number of benzene rings is 1. The third kappa shape index (κ3) is 2.33. The van der Waals surface area contributed by atoms with Gasteiger partial charge in [-0.3, -0.25) is 9.59 Å². The Morgan fingerprint density at radius 3 is 2.70 bits per heavy atom. The van der Waals surface area contributed by atoms with Gasteiger partial charge >= 0.3 is 0 Å². The summed E-state index contributed by atoms with van der Waals surface area (Å²) in [5.74, 6) is 0.468. The van der Waals surface area contributed by atoms with Gasteiger partial charge < -0.3 is 4.90 Å². The van der Waals surface area contributed by atoms with E-state index >= 15 is 0 Å². The van der Waals surface area contributed by atoms with Crippen molar-refractivity contribution in [3.8, 4) is 0 Å². The second-order valence-corrected chi connectivity index (χ2v) is 6.36. The summed E-state index contributed by atoms with van der Waals surface area (Å²) < 4.78 is 0. The maximum atomic E-state index is 12.5. The molecular weight excluding hydrogens is 297 g/mol. The molecule has 1 aliphatic carbocycles. The van der Waals surface area contributed by atoms with Crippen LogP contribution in [0.4, 0.5) is 0 Å². The van der Waals surface area contributed by atoms with Crippen LogP contribution >= 0.6 is 23.2 Å². The van der Waals surface area contributed by atoms with Crippen LogP contribution < -0.4 is 0 Å². The predicted octanol–water partition coefficient (Wildman–Crippen LogP) is 3.60. The van der Waals surface area contributed by atoms with Crippen LogP contribution in [0.5, 0.6) is 0 Å². The molecule has 1 heterocycles. The van der Waals surface area contributed by atoms with Gasteiger partial charge in [0, 0.05) is 18.7 Å². The Morgan fingerprint density at radius 1 is 1.40 bits per heavy atom. The monoisotopic (exact) mass is 311 g/mol. The number of carbonyl (C=O) groups excluding carboxylic acids is 2. The molecule has 3 nitrogen and oxygen atoms in total. The molecule has 0 spiro atoms. The first-order valence-electron chi connectivity index (χ1n) is 6.80. The van der Waals surface area contributed by atoms with Crippen LogP contribution in [0.2, 0.25) is 10.0 Å². The lowest BCUT2D eigenvalue weighted by molar-refractivity contribution is 0.0731. The summed E-state index contributed by atoms with van der Waals surface area (Å²) in [4.78, 5) is 26.0. The van der Waals surface area contributed by atoms with Gasteiger partial charge in [0.1, 0.15) is 0 Å². The number of hydrogen-bond acceptors (Lipinski definition) is 2. The van der Waals surface area contributed by atoms with Crippen LogP contribution in [0.1, 0.15) is 46.0 Å². The van der Waals surface area contributed by atoms with Gasteiger partial charge in [0.2, 0.25) is 0 Å². The van der Waals surface area contributed by atoms with Crippen LogP contribution in [0.15, 0.2) is 6.07 Å². The molecule has 5 heteroatoms. The predicted molar refractivity (Wildman–Crippen MR) is 78.8 cm³/mol. The Hall–Kier alpha value is -1.06. The second kappa shape index (κ2) is 5.05. The average molecular weight is 312 g/mol. The number of rotatable bonds is 3. The summed E-state index contributed by atoms with van der Waals surface area (Å²) in [6.45, 7) is 2.92. The highest BCUT2D eigenvalue weighted by atomic mass is 35.5. The lowest BCUT2D eigenvalue weighted by atomic mass is 9.95. The summed E-state index contributed by atoms with van der Waals surface area (Å²) >= 11 is 12.4. The third-order valence-corrected chi connectivity index (χ3v) is 4.71. The summed E-state index contributed by atoms with van der Waals surface area (Å²) in [6.07, 6.45) is 3.10. The lowest BCUT2D eigenvalue weighted by Crippen LogP contribution is -2.39. The zero-order valence-electron chi connectivity index (χ0n) is 11.2. The second-order valence-electron chi connectivity index (χ2n) is 5.57. The van der Waals surface area contributed by atoms with E-state index in [2.05, 4.69) is 0 Å². The molecule has 1 aliphatic heterocycles. The molecule has 0 bridgehead atoms. The number of hydrogen-bond donors (Lipinski definition) is 0. The van der Waals surface area contributed by atoms with E-state index in [9.17, 15) is 9.59 Å². The van der Waals surface area contributed by atoms with E-state index in [0.29, 0.717) is 35.0 Å². The lowest BCUT2D eigenvalue weighted by Gasteiger charge is -2.30. The van der Waals surface area contributed by atoms with Gasteiger partial charge in [0.05, 0.1) is 15.6 Å². The molecule has 0 N–H and O–H groups in total. The summed E-state index contributed by atoms with van der Waals surface area (Å²) in [6, 6.07) is 1.60. The van der Waals surface area contributed by atoms with Crippen molar-refractivity contribution >= 4 is 34.9 Å². The number of carbonyl (C=O) groups is 2. The van der Waals surface area contributed by atoms with Gasteiger partial charge in [-0.2, -0.15) is 0 Å². The van der Waals surface area contributed by atoms with Crippen molar-refractivity contribution in [2.24, 2.45) is 5.92 Å². The van der Waals surface area contributed by atoms with Crippen molar-refractivity contribution in [1.29, 1.82) is 0 Å². The third-order valence-electron chi connectivity index (χ3n) is 4.00. The Kier molecular flexibility index (Phi) is 3.51. The SMILES string of the molecule is CC(=O)c1c(Cl)cc2c(c1Cl)CCN(CC1CC1)C2=O. The maximum absolute atomic E-state index is 12.5. The van der Waals surface area contributed by atoms with Gasteiger partial charge in [-0.1, -0.05) is 23.2 Å². The number of Topliss-reactive ketones (excluding diaryl/α,β-unsaturated/α-hetero) is 1. The van der Waals surface area contributed by atoms with Crippen molar-refractivity contribution in [3.63, 3.8) is 0 Å². The van der Waals surface area contributed by atoms with Crippen molar-refractivity contribution in [2.75, 3.05) is 13.1 Å². The summed E-state index contributed by atoms with van der Waals surface area (Å²) in [5.41, 5.74) is 1.64. The van der Waals surface area contributed by atoms with Gasteiger partial charge in [-0.25, -0.2) is 0 Å². The van der Waals surface area contributed by atoms with Crippen LogP contribution in [0.3, 0.4) is 0 Å². The quantitative estimate of drug-likeness (QED) is 0.800. The fourth-order valence-corrected chi connectivity index (χ4v) is 3.54. The number of ketones is 1. The van der Waals surface area contributed by atoms with E-state index in [-0.39, 0.29) is 16.7 Å². The molecule has 3 rings (SSSR count). The molecule has 0 aromatic heterocycles. The molecule has 1 aromatic carbocycles. The zero-order valence-corrected chi connectivity index (χ0v) is 12.7. The number of nitrogens with zero attached hydrogens (tertiary/aromatic N) is 1. The molecule has 0 unspecified atom stereocenters. The minimum absolute atomic E-state index is 0.0166. The molecule has 20 heavy (non-hydrogen) atoms. The Labute approximate surface area is 127 Å². The largest absolute Gasteiger partial charge is 0.338 e. The Balaban J connectivity index is 2.00. The normalized spacial score (nSPS) is 18.1. The first kappa shape index (κ1) is 13.9. The standard InChI is InChI=1S/C15H15Cl2NO2/c1-8(19)13-12(16)6-11-10(14(13)17)4-5-18(15(11)20)7-9-2-3-9/h6,9H,2-5,7H2,1H3. The fourth-order valence-electron chi connectivity index (χ4n) is 2.72. The Morgan fingerprint density at radius 2 is 2.10 bits per heavy atom. The molecular formula is C15H15Cl2NO2. The van der Waals surface area contributed by atoms with E-state index in [4.69, 9.17) is 23.2 Å². The molecule has 1 saturated carbocycles. The average Bonchev–Trinajstić information content (AvgIpc) is 3.17. The van der Waals surface area contributed by atoms with Crippen molar-refractivity contribution in [3.05, 3.63) is 32.8 Å². The van der Waals surface area contributed by atoms with E-state index in [0.717, 1.165) is 12.1 Å². The van der Waals surface area contributed by atoms with Crippen LogP contribution in [0, 0.1) is 5.92 Å². The van der Waals surface area contributed by atoms with Crippen molar-refractivity contribution in [2.45, 2.75) is 26.2 Å². The molecule has 1 aromatic rings. The Bertz CT molecular complexity index is 608. The number of fused-ring (bicyclic) bond motifs is 1. The zero-order chi connectivity index (χ0) is 14.4. The fraction of sp³-hybridized carbons (Fsp3) is 0.467. The van der Waals surface area contributed by atoms with Gasteiger partial charge in [0.25, 0.3) is 5.91 Å². The molecule has 106 valence electrons. The first-order valence-corrected chi connectivity index (χ1v) is 7.55. The molecule has 0 atom stereocenters. The van der Waals surface area contributed by atoms with Gasteiger partial charge in [-0.05, 0) is 43.7 Å². The highest BCUT2D eigenvalue weighted by Gasteiger charge is 2.32. The first-order chi connectivity index (χ1) is 9.49. The summed E-state index contributed by atoms with van der Waals surface area (Å²) in [7, 11) is 0. The highest BCUT2D eigenvalue weighted by molar-refractivity contribution is 6.40. The minimum Gasteiger partial charge on any atom is -0.338 e. The number of halogens is 2. The van der Waals surface area contributed by atoms with Gasteiger partial charge in [-0.15, -0.1) is 0 Å². The topological polar surface area (TPSA) is 37.4 Å². The van der Waals surface area contributed by atoms with E-state index < -0.39 is 0 Å². The highest BCUT2D eigenvalue weighted by Crippen LogP contribution is 2.36.